The molecule has 0 unspecified atom stereocenters. The number of pyridine rings is 1. The number of hydrogen-bond donors (Lipinski definition) is 2. The Kier molecular flexibility index (Phi) is 4.42. The summed E-state index contributed by atoms with van der Waals surface area (Å²) < 4.78 is 22.3. The maximum absolute atomic E-state index is 12.3. The number of nitrogen functional groups attached to an aromatic ring is 1. The monoisotopic (exact) mass is 320 g/mol. The van der Waals surface area contributed by atoms with Crippen molar-refractivity contribution in [1.82, 2.24) is 4.57 Å². The molecule has 0 aliphatic rings. The molecule has 3 N–H and O–H groups in total. The lowest BCUT2D eigenvalue weighted by Crippen LogP contribution is -2.30. The van der Waals surface area contributed by atoms with E-state index in [1.165, 1.54) is 0 Å². The Hall–Kier alpha value is -2.87. The van der Waals surface area contributed by atoms with Crippen LogP contribution in [-0.2, 0) is 16.7 Å². The van der Waals surface area contributed by atoms with E-state index in [9.17, 15) is 18.0 Å². The molecule has 0 fully saturated rings. The van der Waals surface area contributed by atoms with Crippen molar-refractivity contribution in [2.75, 3.05) is 5.73 Å². The Morgan fingerprint density at radius 2 is 1.91 bits per heavy atom. The van der Waals surface area contributed by atoms with Gasteiger partial charge in [0.05, 0.1) is 11.1 Å². The highest BCUT2D eigenvalue weighted by Crippen LogP contribution is 2.15. The number of nitrogens with two attached hydrogens (primary N) is 1. The van der Waals surface area contributed by atoms with Crippen molar-refractivity contribution in [3.63, 3.8) is 0 Å². The highest BCUT2D eigenvalue weighted by atomic mass is 32.2. The molecular formula is C14H12N2O5S. The second-order valence-corrected chi connectivity index (χ2v) is 5.23. The van der Waals surface area contributed by atoms with Crippen LogP contribution in [0.15, 0.2) is 41.3 Å². The molecule has 0 amide bonds. The summed E-state index contributed by atoms with van der Waals surface area (Å²) in [5.74, 6) is 0. The summed E-state index contributed by atoms with van der Waals surface area (Å²) in [5.41, 5.74) is 5.54. The molecular weight excluding hydrogens is 308 g/mol. The smallest absolute Gasteiger partial charge is 0.418 e. The number of rotatable bonds is 3. The summed E-state index contributed by atoms with van der Waals surface area (Å²) >= 11 is 0. The van der Waals surface area contributed by atoms with Crippen LogP contribution in [0.5, 0.6) is 0 Å². The van der Waals surface area contributed by atoms with E-state index in [4.69, 9.17) is 10.8 Å². The van der Waals surface area contributed by atoms with Crippen molar-refractivity contribution >= 4 is 27.4 Å². The number of benzene rings is 1. The second kappa shape index (κ2) is 6.27. The van der Waals surface area contributed by atoms with Gasteiger partial charge >= 0.3 is 6.09 Å². The molecule has 8 heteroatoms. The largest absolute Gasteiger partial charge is 0.464 e. The quantitative estimate of drug-likeness (QED) is 0.798. The fraction of sp³-hybridized carbons (Fsp3) is 0.0714. The van der Waals surface area contributed by atoms with Gasteiger partial charge in [-0.2, -0.15) is 8.42 Å². The van der Waals surface area contributed by atoms with Gasteiger partial charge in [0.25, 0.3) is 5.56 Å². The van der Waals surface area contributed by atoms with E-state index in [-0.39, 0.29) is 23.2 Å². The van der Waals surface area contributed by atoms with Gasteiger partial charge < -0.3 is 10.8 Å². The van der Waals surface area contributed by atoms with Crippen molar-refractivity contribution < 1.29 is 18.3 Å². The van der Waals surface area contributed by atoms with Gasteiger partial charge in [0.1, 0.15) is 0 Å². The number of carboxylic acid groups (broad SMARTS) is 1. The van der Waals surface area contributed by atoms with Gasteiger partial charge in [0.2, 0.25) is 10.3 Å². The van der Waals surface area contributed by atoms with Gasteiger partial charge in [-0.15, -0.1) is 0 Å². The molecule has 1 aromatic carbocycles. The van der Waals surface area contributed by atoms with Crippen molar-refractivity contribution in [2.24, 2.45) is 0 Å². The van der Waals surface area contributed by atoms with Crippen LogP contribution >= 0.6 is 0 Å². The molecule has 0 atom stereocenters. The van der Waals surface area contributed by atoms with Crippen molar-refractivity contribution in [2.45, 2.75) is 6.42 Å². The first-order chi connectivity index (χ1) is 10.4. The van der Waals surface area contributed by atoms with Crippen molar-refractivity contribution in [3.8, 4) is 0 Å². The first kappa shape index (κ1) is 15.5. The first-order valence-electron chi connectivity index (χ1n) is 6.14. The van der Waals surface area contributed by atoms with Gasteiger partial charge in [0.15, 0.2) is 0 Å². The fourth-order valence-corrected chi connectivity index (χ4v) is 2.52. The van der Waals surface area contributed by atoms with Crippen LogP contribution < -0.4 is 11.3 Å². The molecule has 22 heavy (non-hydrogen) atoms. The molecule has 0 saturated carbocycles. The minimum absolute atomic E-state index is 0.0119. The number of anilines is 1. The van der Waals surface area contributed by atoms with Crippen LogP contribution in [0.2, 0.25) is 0 Å². The van der Waals surface area contributed by atoms with E-state index < -0.39 is 21.9 Å². The minimum Gasteiger partial charge on any atom is -0.464 e. The SMILES string of the molecule is Nc1cn(C(=O)O)c(=O)c(Cc2ccccc2)c1C=S(=O)=O. The van der Waals surface area contributed by atoms with Crippen LogP contribution in [0, 0.1) is 0 Å². The normalized spacial score (nSPS) is 10.2. The summed E-state index contributed by atoms with van der Waals surface area (Å²) in [6.07, 6.45) is -0.514. The summed E-state index contributed by atoms with van der Waals surface area (Å²) in [4.78, 5) is 23.4. The molecule has 2 aromatic rings. The van der Waals surface area contributed by atoms with Crippen molar-refractivity contribution in [1.29, 1.82) is 0 Å². The third kappa shape index (κ3) is 3.23. The Bertz CT molecular complexity index is 906. The molecule has 114 valence electrons. The zero-order chi connectivity index (χ0) is 16.3. The van der Waals surface area contributed by atoms with Crippen LogP contribution in [-0.4, -0.2) is 29.6 Å². The molecule has 0 aliphatic carbocycles. The lowest BCUT2D eigenvalue weighted by molar-refractivity contribution is 0.195. The number of carbonyl (C=O) groups is 1. The predicted octanol–water partition coefficient (Wildman–Crippen LogP) is 0.577. The highest BCUT2D eigenvalue weighted by Gasteiger charge is 2.16. The lowest BCUT2D eigenvalue weighted by atomic mass is 10.0. The van der Waals surface area contributed by atoms with Crippen LogP contribution in [0.3, 0.4) is 0 Å². The van der Waals surface area contributed by atoms with E-state index in [0.717, 1.165) is 17.1 Å². The van der Waals surface area contributed by atoms with Gasteiger partial charge in [0, 0.05) is 23.7 Å². The van der Waals surface area contributed by atoms with Crippen LogP contribution in [0.1, 0.15) is 16.7 Å². The summed E-state index contributed by atoms with van der Waals surface area (Å²) in [6.45, 7) is 0. The molecule has 7 nitrogen and oxygen atoms in total. The van der Waals surface area contributed by atoms with E-state index >= 15 is 0 Å². The van der Waals surface area contributed by atoms with Gasteiger partial charge in [-0.3, -0.25) is 4.79 Å². The second-order valence-electron chi connectivity index (χ2n) is 4.48. The molecule has 0 aliphatic heterocycles. The summed E-state index contributed by atoms with van der Waals surface area (Å²) in [7, 11) is -2.57. The predicted molar refractivity (Wildman–Crippen MR) is 81.9 cm³/mol. The van der Waals surface area contributed by atoms with E-state index in [1.807, 2.05) is 0 Å². The van der Waals surface area contributed by atoms with E-state index in [2.05, 4.69) is 0 Å². The zero-order valence-electron chi connectivity index (χ0n) is 11.3. The van der Waals surface area contributed by atoms with Gasteiger partial charge in [-0.1, -0.05) is 30.3 Å². The molecule has 0 radical (unpaired) electrons. The maximum Gasteiger partial charge on any atom is 0.418 e. The minimum atomic E-state index is -2.57. The third-order valence-electron chi connectivity index (χ3n) is 3.03. The number of nitrogens with zero attached hydrogens (tertiary/aromatic N) is 1. The first-order valence-corrected chi connectivity index (χ1v) is 7.28. The number of hydrogen-bond acceptors (Lipinski definition) is 5. The Morgan fingerprint density at radius 3 is 2.45 bits per heavy atom. The summed E-state index contributed by atoms with van der Waals surface area (Å²) in [6, 6.07) is 8.79. The average molecular weight is 320 g/mol. The van der Waals surface area contributed by atoms with E-state index in [0.29, 0.717) is 4.57 Å². The number of aromatic nitrogens is 1. The summed E-state index contributed by atoms with van der Waals surface area (Å²) in [5, 5.41) is 9.84. The highest BCUT2D eigenvalue weighted by molar-refractivity contribution is 7.71. The molecule has 2 rings (SSSR count). The molecule has 0 spiro atoms. The van der Waals surface area contributed by atoms with Crippen molar-refractivity contribution in [3.05, 3.63) is 63.6 Å². The lowest BCUT2D eigenvalue weighted by Gasteiger charge is -2.10. The van der Waals surface area contributed by atoms with Crippen LogP contribution in [0.4, 0.5) is 10.5 Å². The maximum atomic E-state index is 12.3. The Balaban J connectivity index is 2.74. The molecule has 1 heterocycles. The standard InChI is InChI=1S/C14H12N2O5S/c15-12-7-16(14(18)19)13(17)10(11(12)8-22(20)21)6-9-4-2-1-3-5-9/h1-5,7-8H,6,15H2,(H,18,19). The molecule has 0 bridgehead atoms. The fourth-order valence-electron chi connectivity index (χ4n) is 2.05. The molecule has 0 saturated heterocycles. The Morgan fingerprint density at radius 1 is 1.27 bits per heavy atom. The zero-order valence-corrected chi connectivity index (χ0v) is 12.1. The topological polar surface area (TPSA) is 119 Å². The van der Waals surface area contributed by atoms with Gasteiger partial charge in [-0.05, 0) is 5.56 Å². The van der Waals surface area contributed by atoms with E-state index in [1.54, 1.807) is 30.3 Å². The molecule has 1 aromatic heterocycles. The third-order valence-corrected chi connectivity index (χ3v) is 3.45. The van der Waals surface area contributed by atoms with Crippen LogP contribution in [0.25, 0.3) is 0 Å². The average Bonchev–Trinajstić information content (AvgIpc) is 2.46. The Labute approximate surface area is 126 Å². The van der Waals surface area contributed by atoms with Gasteiger partial charge in [-0.25, -0.2) is 9.36 Å².